The first-order chi connectivity index (χ1) is 6.59. The van der Waals surface area contributed by atoms with E-state index in [1.165, 1.54) is 6.20 Å². The van der Waals surface area contributed by atoms with Crippen LogP contribution >= 0.6 is 23.2 Å². The van der Waals surface area contributed by atoms with Crippen LogP contribution in [0.25, 0.3) is 0 Å². The molecule has 0 aromatic heterocycles. The third kappa shape index (κ3) is 3.28. The third-order valence-corrected chi connectivity index (χ3v) is 1.94. The van der Waals surface area contributed by atoms with Crippen molar-refractivity contribution in [3.63, 3.8) is 0 Å². The highest BCUT2D eigenvalue weighted by Gasteiger charge is 1.98. The summed E-state index contributed by atoms with van der Waals surface area (Å²) in [5, 5.41) is 12.0. The molecule has 1 rings (SSSR count). The first-order valence-corrected chi connectivity index (χ1v) is 4.46. The van der Waals surface area contributed by atoms with E-state index in [9.17, 15) is 4.79 Å². The Morgan fingerprint density at radius 2 is 2.14 bits per heavy atom. The number of aliphatic carboxylic acids is 1. The Hall–Kier alpha value is -1.19. The fraction of sp³-hybridized carbons (Fsp3) is 0. The van der Waals surface area contributed by atoms with Gasteiger partial charge in [0.05, 0.1) is 10.7 Å². The molecule has 0 aliphatic carbocycles. The number of carboxylic acid groups (broad SMARTS) is 1. The topological polar surface area (TPSA) is 49.3 Å². The molecule has 0 saturated carbocycles. The van der Waals surface area contributed by atoms with Gasteiger partial charge in [-0.3, -0.25) is 0 Å². The van der Waals surface area contributed by atoms with E-state index in [-0.39, 0.29) is 0 Å². The molecule has 3 nitrogen and oxygen atoms in total. The summed E-state index contributed by atoms with van der Waals surface area (Å²) in [6.07, 6.45) is 2.27. The van der Waals surface area contributed by atoms with Gasteiger partial charge in [0.2, 0.25) is 0 Å². The molecule has 0 amide bonds. The molecule has 0 spiro atoms. The van der Waals surface area contributed by atoms with Gasteiger partial charge in [-0.15, -0.1) is 0 Å². The van der Waals surface area contributed by atoms with Crippen molar-refractivity contribution in [2.45, 2.75) is 0 Å². The van der Waals surface area contributed by atoms with Crippen molar-refractivity contribution in [3.8, 4) is 0 Å². The number of benzene rings is 1. The average molecular weight is 232 g/mol. The minimum Gasteiger partial charge on any atom is -0.478 e. The standard InChI is InChI=1S/C9H7Cl2NO2/c10-6-1-2-8(7(11)5-6)12-4-3-9(13)14/h1-5,12H,(H,13,14)/b4-3+. The highest BCUT2D eigenvalue weighted by molar-refractivity contribution is 6.36. The van der Waals surface area contributed by atoms with Crippen LogP contribution in [0.3, 0.4) is 0 Å². The SMILES string of the molecule is O=C(O)/C=C/Nc1ccc(Cl)cc1Cl. The van der Waals surface area contributed by atoms with Crippen molar-refractivity contribution in [1.29, 1.82) is 0 Å². The van der Waals surface area contributed by atoms with Gasteiger partial charge in [-0.05, 0) is 18.2 Å². The van der Waals surface area contributed by atoms with E-state index >= 15 is 0 Å². The van der Waals surface area contributed by atoms with Crippen LogP contribution in [0.15, 0.2) is 30.5 Å². The second kappa shape index (κ2) is 4.88. The molecule has 1 aromatic carbocycles. The fourth-order valence-electron chi connectivity index (χ4n) is 0.809. The molecule has 2 N–H and O–H groups in total. The number of carboxylic acids is 1. The van der Waals surface area contributed by atoms with Crippen LogP contribution < -0.4 is 5.32 Å². The Kier molecular flexibility index (Phi) is 3.80. The maximum Gasteiger partial charge on any atom is 0.329 e. The van der Waals surface area contributed by atoms with Crippen molar-refractivity contribution in [3.05, 3.63) is 40.5 Å². The zero-order valence-corrected chi connectivity index (χ0v) is 8.51. The quantitative estimate of drug-likeness (QED) is 0.787. The second-order valence-electron chi connectivity index (χ2n) is 2.44. The Morgan fingerprint density at radius 1 is 1.43 bits per heavy atom. The van der Waals surface area contributed by atoms with Gasteiger partial charge in [0, 0.05) is 17.3 Å². The minimum atomic E-state index is -1.03. The molecule has 0 atom stereocenters. The van der Waals surface area contributed by atoms with Crippen LogP contribution in [0.4, 0.5) is 5.69 Å². The Balaban J connectivity index is 2.73. The molecule has 0 unspecified atom stereocenters. The smallest absolute Gasteiger partial charge is 0.329 e. The lowest BCUT2D eigenvalue weighted by Crippen LogP contribution is -1.92. The number of nitrogens with one attached hydrogen (secondary N) is 1. The summed E-state index contributed by atoms with van der Waals surface area (Å²) in [7, 11) is 0. The Morgan fingerprint density at radius 3 is 2.71 bits per heavy atom. The van der Waals surface area contributed by atoms with Gasteiger partial charge in [-0.1, -0.05) is 23.2 Å². The second-order valence-corrected chi connectivity index (χ2v) is 3.28. The Bertz CT molecular complexity index is 377. The lowest BCUT2D eigenvalue weighted by atomic mass is 10.3. The van der Waals surface area contributed by atoms with E-state index in [0.29, 0.717) is 15.7 Å². The number of rotatable bonds is 3. The molecule has 0 heterocycles. The molecule has 0 bridgehead atoms. The van der Waals surface area contributed by atoms with Crippen LogP contribution in [-0.2, 0) is 4.79 Å². The Labute approximate surface area is 90.9 Å². The zero-order valence-electron chi connectivity index (χ0n) is 7.00. The van der Waals surface area contributed by atoms with Crippen molar-refractivity contribution in [2.24, 2.45) is 0 Å². The zero-order chi connectivity index (χ0) is 10.6. The fourth-order valence-corrected chi connectivity index (χ4v) is 1.27. The maximum atomic E-state index is 10.1. The normalized spacial score (nSPS) is 10.4. The van der Waals surface area contributed by atoms with Crippen molar-refractivity contribution >= 4 is 34.9 Å². The van der Waals surface area contributed by atoms with Crippen molar-refractivity contribution in [2.75, 3.05) is 5.32 Å². The number of carbonyl (C=O) groups is 1. The summed E-state index contributed by atoms with van der Waals surface area (Å²) >= 11 is 11.5. The lowest BCUT2D eigenvalue weighted by Gasteiger charge is -2.02. The highest BCUT2D eigenvalue weighted by Crippen LogP contribution is 2.25. The predicted octanol–water partition coefficient (Wildman–Crippen LogP) is 3.00. The maximum absolute atomic E-state index is 10.1. The minimum absolute atomic E-state index is 0.438. The van der Waals surface area contributed by atoms with Gasteiger partial charge in [0.1, 0.15) is 0 Å². The van der Waals surface area contributed by atoms with Gasteiger partial charge in [0.15, 0.2) is 0 Å². The highest BCUT2D eigenvalue weighted by atomic mass is 35.5. The van der Waals surface area contributed by atoms with E-state index in [4.69, 9.17) is 28.3 Å². The van der Waals surface area contributed by atoms with Gasteiger partial charge >= 0.3 is 5.97 Å². The molecule has 0 radical (unpaired) electrons. The molecule has 0 saturated heterocycles. The van der Waals surface area contributed by atoms with Crippen molar-refractivity contribution < 1.29 is 9.90 Å². The summed E-state index contributed by atoms with van der Waals surface area (Å²) in [5.74, 6) is -1.03. The number of hydrogen-bond donors (Lipinski definition) is 2. The monoisotopic (exact) mass is 231 g/mol. The molecule has 0 aliphatic rings. The summed E-state index contributed by atoms with van der Waals surface area (Å²) in [6, 6.07) is 4.89. The summed E-state index contributed by atoms with van der Waals surface area (Å²) < 4.78 is 0. The van der Waals surface area contributed by atoms with Gasteiger partial charge in [-0.25, -0.2) is 4.79 Å². The van der Waals surface area contributed by atoms with Crippen LogP contribution in [0, 0.1) is 0 Å². The van der Waals surface area contributed by atoms with Gasteiger partial charge in [-0.2, -0.15) is 0 Å². The molecular formula is C9H7Cl2NO2. The molecular weight excluding hydrogens is 225 g/mol. The average Bonchev–Trinajstić information content (AvgIpc) is 2.08. The predicted molar refractivity (Wildman–Crippen MR) is 56.9 cm³/mol. The summed E-state index contributed by atoms with van der Waals surface area (Å²) in [6.45, 7) is 0. The number of hydrogen-bond acceptors (Lipinski definition) is 2. The van der Waals surface area contributed by atoms with E-state index < -0.39 is 5.97 Å². The first-order valence-electron chi connectivity index (χ1n) is 3.70. The molecule has 0 aliphatic heterocycles. The number of halogens is 2. The molecule has 1 aromatic rings. The van der Waals surface area contributed by atoms with Crippen LogP contribution in [-0.4, -0.2) is 11.1 Å². The van der Waals surface area contributed by atoms with E-state index in [2.05, 4.69) is 5.32 Å². The van der Waals surface area contributed by atoms with Crippen LogP contribution in [0.1, 0.15) is 0 Å². The first kappa shape index (κ1) is 10.9. The summed E-state index contributed by atoms with van der Waals surface area (Å²) in [5.41, 5.74) is 0.605. The third-order valence-electron chi connectivity index (χ3n) is 1.40. The van der Waals surface area contributed by atoms with Crippen LogP contribution in [0.2, 0.25) is 10.0 Å². The van der Waals surface area contributed by atoms with E-state index in [0.717, 1.165) is 6.08 Å². The molecule has 0 fully saturated rings. The van der Waals surface area contributed by atoms with E-state index in [1.807, 2.05) is 0 Å². The van der Waals surface area contributed by atoms with Crippen LogP contribution in [0.5, 0.6) is 0 Å². The largest absolute Gasteiger partial charge is 0.478 e. The molecule has 74 valence electrons. The van der Waals surface area contributed by atoms with E-state index in [1.54, 1.807) is 18.2 Å². The number of anilines is 1. The molecule has 5 heteroatoms. The summed E-state index contributed by atoms with van der Waals surface area (Å²) in [4.78, 5) is 10.1. The lowest BCUT2D eigenvalue weighted by molar-refractivity contribution is -0.131. The van der Waals surface area contributed by atoms with Gasteiger partial charge < -0.3 is 10.4 Å². The van der Waals surface area contributed by atoms with Crippen molar-refractivity contribution in [1.82, 2.24) is 0 Å². The molecule has 14 heavy (non-hydrogen) atoms. The van der Waals surface area contributed by atoms with Gasteiger partial charge in [0.25, 0.3) is 0 Å².